The monoisotopic (exact) mass is 535 g/mol. The Morgan fingerprint density at radius 2 is 1.82 bits per heavy atom. The molecule has 0 bridgehead atoms. The van der Waals surface area contributed by atoms with Gasteiger partial charge in [-0.25, -0.2) is 0 Å². The van der Waals surface area contributed by atoms with E-state index in [1.54, 1.807) is 0 Å². The lowest BCUT2D eigenvalue weighted by molar-refractivity contribution is -0.147. The molecular formula is C35H37NO4. The molecule has 5 heteroatoms. The number of fused-ring (bicyclic) bond motifs is 7. The second-order valence-electron chi connectivity index (χ2n) is 11.4. The number of rotatable bonds is 10. The highest BCUT2D eigenvalue weighted by molar-refractivity contribution is 5.97. The van der Waals surface area contributed by atoms with Gasteiger partial charge in [0.2, 0.25) is 0 Å². The third-order valence-corrected chi connectivity index (χ3v) is 8.96. The van der Waals surface area contributed by atoms with Gasteiger partial charge in [0.05, 0.1) is 18.2 Å². The lowest BCUT2D eigenvalue weighted by Gasteiger charge is -2.20. The first-order chi connectivity index (χ1) is 19.5. The fourth-order valence-corrected chi connectivity index (χ4v) is 7.00. The molecule has 1 aliphatic carbocycles. The lowest BCUT2D eigenvalue weighted by Crippen LogP contribution is -2.24. The minimum Gasteiger partial charge on any atom is -0.489 e. The van der Waals surface area contributed by atoms with Crippen molar-refractivity contribution >= 4 is 23.2 Å². The van der Waals surface area contributed by atoms with Crippen molar-refractivity contribution in [3.8, 4) is 17.0 Å². The second-order valence-corrected chi connectivity index (χ2v) is 11.4. The number of aldehydes is 1. The smallest absolute Gasteiger partial charge is 0.314 e. The highest BCUT2D eigenvalue weighted by Gasteiger charge is 2.63. The number of ether oxygens (including phenoxy) is 2. The number of hydrogen-bond acceptors (Lipinski definition) is 4. The van der Waals surface area contributed by atoms with Gasteiger partial charge in [0, 0.05) is 34.5 Å². The van der Waals surface area contributed by atoms with Gasteiger partial charge in [-0.15, -0.1) is 0 Å². The number of carbonyl (C=O) groups excluding carboxylic acids is 2. The molecule has 206 valence electrons. The maximum Gasteiger partial charge on any atom is 0.314 e. The molecule has 40 heavy (non-hydrogen) atoms. The van der Waals surface area contributed by atoms with Crippen molar-refractivity contribution in [3.63, 3.8) is 0 Å². The Morgan fingerprint density at radius 1 is 1.05 bits per heavy atom. The third-order valence-electron chi connectivity index (χ3n) is 8.96. The first kappa shape index (κ1) is 26.4. The number of nitrogens with zero attached hydrogens (tertiary/aromatic N) is 1. The molecule has 2 heterocycles. The Labute approximate surface area is 236 Å². The molecule has 1 saturated carbocycles. The Morgan fingerprint density at radius 3 is 2.52 bits per heavy atom. The lowest BCUT2D eigenvalue weighted by atomic mass is 9.85. The predicted octanol–water partition coefficient (Wildman–Crippen LogP) is 8.04. The van der Waals surface area contributed by atoms with Crippen molar-refractivity contribution < 1.29 is 19.1 Å². The van der Waals surface area contributed by atoms with E-state index in [-0.39, 0.29) is 11.9 Å². The molecule has 1 fully saturated rings. The fourth-order valence-electron chi connectivity index (χ4n) is 7.00. The Kier molecular flexibility index (Phi) is 6.99. The van der Waals surface area contributed by atoms with Gasteiger partial charge in [0.15, 0.2) is 0 Å². The Bertz CT molecular complexity index is 1560. The Hall–Kier alpha value is -3.86. The van der Waals surface area contributed by atoms with Crippen molar-refractivity contribution in [1.29, 1.82) is 0 Å². The predicted molar refractivity (Wildman–Crippen MR) is 158 cm³/mol. The molecule has 6 rings (SSSR count). The average molecular weight is 536 g/mol. The van der Waals surface area contributed by atoms with Crippen LogP contribution in [-0.2, 0) is 22.7 Å². The quantitative estimate of drug-likeness (QED) is 0.152. The number of hydrogen-bond donors (Lipinski definition) is 0. The van der Waals surface area contributed by atoms with Crippen molar-refractivity contribution in [2.75, 3.05) is 7.11 Å². The highest BCUT2D eigenvalue weighted by atomic mass is 16.5. The van der Waals surface area contributed by atoms with Crippen LogP contribution in [0.3, 0.4) is 0 Å². The van der Waals surface area contributed by atoms with Gasteiger partial charge in [-0.2, -0.15) is 0 Å². The number of methoxy groups -OCH3 is 1. The van der Waals surface area contributed by atoms with Gasteiger partial charge in [0.25, 0.3) is 0 Å². The van der Waals surface area contributed by atoms with Crippen LogP contribution < -0.4 is 4.74 Å². The van der Waals surface area contributed by atoms with Gasteiger partial charge < -0.3 is 14.0 Å². The normalized spacial score (nSPS) is 18.9. The summed E-state index contributed by atoms with van der Waals surface area (Å²) in [5, 5.41) is 1.18. The van der Waals surface area contributed by atoms with E-state index in [0.29, 0.717) is 24.6 Å². The van der Waals surface area contributed by atoms with Gasteiger partial charge in [-0.3, -0.25) is 9.59 Å². The van der Waals surface area contributed by atoms with E-state index >= 15 is 0 Å². The summed E-state index contributed by atoms with van der Waals surface area (Å²) in [4.78, 5) is 25.2. The van der Waals surface area contributed by atoms with E-state index in [0.717, 1.165) is 66.3 Å². The molecule has 2 atom stereocenters. The molecule has 0 spiro atoms. The van der Waals surface area contributed by atoms with Crippen molar-refractivity contribution in [2.24, 2.45) is 5.41 Å². The number of aromatic nitrogens is 1. The SMILES string of the molecule is CCCC(CCC)c1c2n(c3cc(C=O)ccc13)CC1(C(=O)OC)CC1c1cc(OCc3ccccc3)ccc1-2. The van der Waals surface area contributed by atoms with Crippen LogP contribution in [0.25, 0.3) is 22.2 Å². The van der Waals surface area contributed by atoms with E-state index in [2.05, 4.69) is 54.8 Å². The maximum absolute atomic E-state index is 13.4. The van der Waals surface area contributed by atoms with Gasteiger partial charge in [0.1, 0.15) is 18.6 Å². The Balaban J connectivity index is 1.57. The summed E-state index contributed by atoms with van der Waals surface area (Å²) in [6, 6.07) is 22.6. The summed E-state index contributed by atoms with van der Waals surface area (Å²) in [5.41, 5.74) is 7.01. The average Bonchev–Trinajstić information content (AvgIpc) is 3.66. The van der Waals surface area contributed by atoms with E-state index in [4.69, 9.17) is 9.47 Å². The zero-order valence-corrected chi connectivity index (χ0v) is 23.6. The van der Waals surface area contributed by atoms with Crippen LogP contribution in [-0.4, -0.2) is 23.9 Å². The summed E-state index contributed by atoms with van der Waals surface area (Å²) in [6.07, 6.45) is 6.02. The number of carbonyl (C=O) groups is 2. The fraction of sp³-hybridized carbons (Fsp3) is 0.371. The molecule has 5 nitrogen and oxygen atoms in total. The molecule has 0 radical (unpaired) electrons. The van der Waals surface area contributed by atoms with Crippen LogP contribution in [0.5, 0.6) is 5.75 Å². The van der Waals surface area contributed by atoms with Crippen LogP contribution in [0, 0.1) is 5.41 Å². The minimum atomic E-state index is -0.627. The molecule has 4 aromatic rings. The molecular weight excluding hydrogens is 498 g/mol. The van der Waals surface area contributed by atoms with Crippen molar-refractivity contribution in [3.05, 3.63) is 89.0 Å². The zero-order valence-electron chi connectivity index (χ0n) is 23.6. The van der Waals surface area contributed by atoms with Crippen LogP contribution >= 0.6 is 0 Å². The van der Waals surface area contributed by atoms with Gasteiger partial charge in [-0.1, -0.05) is 69.2 Å². The first-order valence-electron chi connectivity index (χ1n) is 14.5. The summed E-state index contributed by atoms with van der Waals surface area (Å²) in [5.74, 6) is 1.09. The molecule has 2 unspecified atom stereocenters. The molecule has 0 saturated heterocycles. The van der Waals surface area contributed by atoms with Crippen LogP contribution in [0.1, 0.15) is 84.8 Å². The van der Waals surface area contributed by atoms with E-state index in [1.165, 1.54) is 23.8 Å². The van der Waals surface area contributed by atoms with E-state index < -0.39 is 5.41 Å². The van der Waals surface area contributed by atoms with Crippen LogP contribution in [0.15, 0.2) is 66.7 Å². The molecule has 3 aromatic carbocycles. The zero-order chi connectivity index (χ0) is 27.9. The summed E-state index contributed by atoms with van der Waals surface area (Å²) >= 11 is 0. The minimum absolute atomic E-state index is 0.0584. The standard InChI is InChI=1S/C35H37NO4/c1-4-9-25(10-5-2)32-28-15-13-24(20-37)17-31(28)36-22-35(34(38)39-3)19-30(35)29-18-26(14-16-27(29)33(32)36)40-21-23-11-7-6-8-12-23/h6-8,11-18,20,25,30H,4-5,9-10,19,21-22H2,1-3H3. The molecule has 0 N–H and O–H groups in total. The van der Waals surface area contributed by atoms with Crippen molar-refractivity contribution in [2.45, 2.75) is 70.9 Å². The van der Waals surface area contributed by atoms with Gasteiger partial charge in [-0.05, 0) is 66.1 Å². The van der Waals surface area contributed by atoms with Crippen LogP contribution in [0.4, 0.5) is 0 Å². The molecule has 1 aromatic heterocycles. The second kappa shape index (κ2) is 10.6. The highest BCUT2D eigenvalue weighted by Crippen LogP contribution is 2.65. The molecule has 0 amide bonds. The third kappa shape index (κ3) is 4.32. The first-order valence-corrected chi connectivity index (χ1v) is 14.5. The van der Waals surface area contributed by atoms with Crippen molar-refractivity contribution in [1.82, 2.24) is 4.57 Å². The van der Waals surface area contributed by atoms with E-state index in [1.807, 2.05) is 30.3 Å². The topological polar surface area (TPSA) is 57.5 Å². The number of benzene rings is 3. The van der Waals surface area contributed by atoms with E-state index in [9.17, 15) is 9.59 Å². The largest absolute Gasteiger partial charge is 0.489 e. The summed E-state index contributed by atoms with van der Waals surface area (Å²) in [6.45, 7) is 5.52. The number of esters is 1. The summed E-state index contributed by atoms with van der Waals surface area (Å²) < 4.78 is 14.0. The molecule has 1 aliphatic heterocycles. The molecule has 2 aliphatic rings. The van der Waals surface area contributed by atoms with Gasteiger partial charge >= 0.3 is 5.97 Å². The maximum atomic E-state index is 13.4. The van der Waals surface area contributed by atoms with Crippen LogP contribution in [0.2, 0.25) is 0 Å². The summed E-state index contributed by atoms with van der Waals surface area (Å²) in [7, 11) is 1.49.